The zero-order chi connectivity index (χ0) is 16.3. The van der Waals surface area contributed by atoms with Crippen LogP contribution in [0.5, 0.6) is 0 Å². The first-order chi connectivity index (χ1) is 10.3. The Hall–Kier alpha value is -2.02. The maximum atomic E-state index is 14.1. The Morgan fingerprint density at radius 1 is 1.23 bits per heavy atom. The highest BCUT2D eigenvalue weighted by Gasteiger charge is 2.14. The van der Waals surface area contributed by atoms with Crippen molar-refractivity contribution in [3.8, 4) is 0 Å². The van der Waals surface area contributed by atoms with Gasteiger partial charge in [-0.3, -0.25) is 0 Å². The van der Waals surface area contributed by atoms with E-state index >= 15 is 0 Å². The molecule has 0 radical (unpaired) electrons. The standard InChI is InChI=1S/C15H18FN3O2S/c1-4-13-14(16)15(18-9-17-13)19-10(2)11-5-7-12(8-6-11)22(3,20)21/h5-10H,4H2,1-3H3,(H,17,18,19)/t10-/m1/s1. The highest BCUT2D eigenvalue weighted by molar-refractivity contribution is 7.90. The van der Waals surface area contributed by atoms with Crippen molar-refractivity contribution < 1.29 is 12.8 Å². The van der Waals surface area contributed by atoms with E-state index in [0.29, 0.717) is 12.1 Å². The Labute approximate surface area is 129 Å². The fourth-order valence-electron chi connectivity index (χ4n) is 2.05. The number of hydrogen-bond donors (Lipinski definition) is 1. The maximum Gasteiger partial charge on any atom is 0.186 e. The van der Waals surface area contributed by atoms with Gasteiger partial charge in [0.05, 0.1) is 16.6 Å². The Kier molecular flexibility index (Phi) is 4.75. The van der Waals surface area contributed by atoms with Crippen molar-refractivity contribution in [3.05, 3.63) is 47.7 Å². The largest absolute Gasteiger partial charge is 0.361 e. The number of aryl methyl sites for hydroxylation is 1. The van der Waals surface area contributed by atoms with E-state index in [9.17, 15) is 12.8 Å². The lowest BCUT2D eigenvalue weighted by atomic mass is 10.1. The summed E-state index contributed by atoms with van der Waals surface area (Å²) < 4.78 is 37.0. The first kappa shape index (κ1) is 16.4. The van der Waals surface area contributed by atoms with Crippen molar-refractivity contribution in [2.75, 3.05) is 11.6 Å². The van der Waals surface area contributed by atoms with Crippen molar-refractivity contribution in [1.82, 2.24) is 9.97 Å². The Morgan fingerprint density at radius 2 is 1.86 bits per heavy atom. The predicted octanol–water partition coefficient (Wildman–Crippen LogP) is 2.75. The monoisotopic (exact) mass is 323 g/mol. The summed E-state index contributed by atoms with van der Waals surface area (Å²) in [6.07, 6.45) is 2.97. The van der Waals surface area contributed by atoms with Gasteiger partial charge in [0, 0.05) is 6.26 Å². The topological polar surface area (TPSA) is 72.0 Å². The Bertz CT molecular complexity index is 761. The van der Waals surface area contributed by atoms with E-state index in [2.05, 4.69) is 15.3 Å². The van der Waals surface area contributed by atoms with Gasteiger partial charge < -0.3 is 5.32 Å². The molecule has 0 fully saturated rings. The molecule has 0 saturated heterocycles. The maximum absolute atomic E-state index is 14.1. The second-order valence-corrected chi connectivity index (χ2v) is 7.06. The molecule has 0 bridgehead atoms. The quantitative estimate of drug-likeness (QED) is 0.916. The van der Waals surface area contributed by atoms with E-state index < -0.39 is 15.7 Å². The third-order valence-electron chi connectivity index (χ3n) is 3.36. The van der Waals surface area contributed by atoms with Gasteiger partial charge in [-0.2, -0.15) is 0 Å². The van der Waals surface area contributed by atoms with E-state index in [0.717, 1.165) is 11.8 Å². The summed E-state index contributed by atoms with van der Waals surface area (Å²) in [5, 5.41) is 2.98. The van der Waals surface area contributed by atoms with E-state index in [1.165, 1.54) is 18.5 Å². The third-order valence-corrected chi connectivity index (χ3v) is 4.49. The fourth-order valence-corrected chi connectivity index (χ4v) is 2.68. The number of halogens is 1. The van der Waals surface area contributed by atoms with Crippen LogP contribution in [0.1, 0.15) is 31.1 Å². The van der Waals surface area contributed by atoms with Crippen LogP contribution in [0.15, 0.2) is 35.5 Å². The molecule has 1 heterocycles. The molecule has 22 heavy (non-hydrogen) atoms. The molecule has 1 atom stereocenters. The van der Waals surface area contributed by atoms with Crippen LogP contribution < -0.4 is 5.32 Å². The molecular formula is C15H18FN3O2S. The van der Waals surface area contributed by atoms with Crippen LogP contribution in [0, 0.1) is 5.82 Å². The van der Waals surface area contributed by atoms with Crippen LogP contribution in [0.25, 0.3) is 0 Å². The molecule has 0 amide bonds. The number of nitrogens with zero attached hydrogens (tertiary/aromatic N) is 2. The average Bonchev–Trinajstić information content (AvgIpc) is 2.48. The first-order valence-corrected chi connectivity index (χ1v) is 8.78. The molecule has 118 valence electrons. The van der Waals surface area contributed by atoms with Gasteiger partial charge >= 0.3 is 0 Å². The Balaban J connectivity index is 2.21. The van der Waals surface area contributed by atoms with Gasteiger partial charge in [-0.25, -0.2) is 22.8 Å². The fraction of sp³-hybridized carbons (Fsp3) is 0.333. The molecule has 1 aromatic carbocycles. The van der Waals surface area contributed by atoms with E-state index in [-0.39, 0.29) is 16.8 Å². The smallest absolute Gasteiger partial charge is 0.186 e. The van der Waals surface area contributed by atoms with Crippen LogP contribution >= 0.6 is 0 Å². The van der Waals surface area contributed by atoms with Gasteiger partial charge in [-0.15, -0.1) is 0 Å². The summed E-state index contributed by atoms with van der Waals surface area (Å²) >= 11 is 0. The van der Waals surface area contributed by atoms with Crippen molar-refractivity contribution in [3.63, 3.8) is 0 Å². The summed E-state index contributed by atoms with van der Waals surface area (Å²) in [4.78, 5) is 8.05. The number of aromatic nitrogens is 2. The van der Waals surface area contributed by atoms with Gasteiger partial charge in [-0.1, -0.05) is 19.1 Å². The zero-order valence-corrected chi connectivity index (χ0v) is 13.5. The van der Waals surface area contributed by atoms with Crippen LogP contribution in [-0.2, 0) is 16.3 Å². The molecule has 0 aliphatic rings. The van der Waals surface area contributed by atoms with Gasteiger partial charge in [0.15, 0.2) is 21.5 Å². The molecule has 0 unspecified atom stereocenters. The molecule has 5 nitrogen and oxygen atoms in total. The van der Waals surface area contributed by atoms with Crippen LogP contribution in [0.2, 0.25) is 0 Å². The number of sulfone groups is 1. The molecule has 7 heteroatoms. The summed E-state index contributed by atoms with van der Waals surface area (Å²) in [5.74, 6) is -0.309. The van der Waals surface area contributed by atoms with Crippen LogP contribution in [0.3, 0.4) is 0 Å². The van der Waals surface area contributed by atoms with Crippen LogP contribution in [-0.4, -0.2) is 24.6 Å². The minimum atomic E-state index is -3.22. The minimum Gasteiger partial charge on any atom is -0.361 e. The third kappa shape index (κ3) is 3.59. The van der Waals surface area contributed by atoms with E-state index in [1.54, 1.807) is 12.1 Å². The molecule has 1 aromatic heterocycles. The second-order valence-electron chi connectivity index (χ2n) is 5.04. The molecule has 0 aliphatic carbocycles. The molecule has 0 aliphatic heterocycles. The SMILES string of the molecule is CCc1ncnc(N[C@H](C)c2ccc(S(C)(=O)=O)cc2)c1F. The van der Waals surface area contributed by atoms with Crippen molar-refractivity contribution in [2.45, 2.75) is 31.2 Å². The summed E-state index contributed by atoms with van der Waals surface area (Å²) in [5.41, 5.74) is 1.19. The van der Waals surface area contributed by atoms with Gasteiger partial charge in [-0.05, 0) is 31.0 Å². The molecule has 2 rings (SSSR count). The Morgan fingerprint density at radius 3 is 2.41 bits per heavy atom. The minimum absolute atomic E-state index is 0.145. The number of rotatable bonds is 5. The van der Waals surface area contributed by atoms with E-state index in [1.807, 2.05) is 13.8 Å². The highest BCUT2D eigenvalue weighted by atomic mass is 32.2. The zero-order valence-electron chi connectivity index (χ0n) is 12.7. The number of nitrogens with one attached hydrogen (secondary N) is 1. The molecule has 1 N–H and O–H groups in total. The lowest BCUT2D eigenvalue weighted by molar-refractivity contribution is 0.594. The van der Waals surface area contributed by atoms with Crippen molar-refractivity contribution >= 4 is 15.7 Å². The second kappa shape index (κ2) is 6.39. The predicted molar refractivity (Wildman–Crippen MR) is 83.0 cm³/mol. The van der Waals surface area contributed by atoms with Crippen molar-refractivity contribution in [2.24, 2.45) is 0 Å². The summed E-state index contributed by atoms with van der Waals surface area (Å²) in [6, 6.07) is 6.26. The van der Waals surface area contributed by atoms with E-state index in [4.69, 9.17) is 0 Å². The van der Waals surface area contributed by atoms with Gasteiger partial charge in [0.25, 0.3) is 0 Å². The first-order valence-electron chi connectivity index (χ1n) is 6.89. The molecule has 0 saturated carbocycles. The normalized spacial score (nSPS) is 12.9. The molecular weight excluding hydrogens is 305 g/mol. The molecule has 2 aromatic rings. The van der Waals surface area contributed by atoms with Gasteiger partial charge in [0.1, 0.15) is 6.33 Å². The van der Waals surface area contributed by atoms with Gasteiger partial charge in [0.2, 0.25) is 0 Å². The average molecular weight is 323 g/mol. The van der Waals surface area contributed by atoms with Crippen LogP contribution in [0.4, 0.5) is 10.2 Å². The number of hydrogen-bond acceptors (Lipinski definition) is 5. The lowest BCUT2D eigenvalue weighted by Gasteiger charge is -2.16. The summed E-state index contributed by atoms with van der Waals surface area (Å²) in [6.45, 7) is 3.67. The highest BCUT2D eigenvalue weighted by Crippen LogP contribution is 2.22. The number of benzene rings is 1. The lowest BCUT2D eigenvalue weighted by Crippen LogP contribution is -2.11. The number of anilines is 1. The summed E-state index contributed by atoms with van der Waals surface area (Å²) in [7, 11) is -3.22. The molecule has 0 spiro atoms. The van der Waals surface area contributed by atoms with Crippen molar-refractivity contribution in [1.29, 1.82) is 0 Å².